The second-order valence-electron chi connectivity index (χ2n) is 5.66. The normalized spacial score (nSPS) is 10.3. The number of carbonyl (C=O) groups is 2. The van der Waals surface area contributed by atoms with E-state index < -0.39 is 5.91 Å². The summed E-state index contributed by atoms with van der Waals surface area (Å²) in [5.41, 5.74) is 9.28. The molecule has 0 radical (unpaired) electrons. The fourth-order valence-corrected chi connectivity index (χ4v) is 2.50. The lowest BCUT2D eigenvalue weighted by Crippen LogP contribution is -2.32. The molecule has 120 valence electrons. The smallest absolute Gasteiger partial charge is 0.227 e. The first-order chi connectivity index (χ1) is 11.0. The van der Waals surface area contributed by atoms with Crippen LogP contribution in [0.2, 0.25) is 0 Å². The number of hydrogen-bond donors (Lipinski definition) is 1. The maximum atomic E-state index is 12.6. The molecule has 0 saturated carbocycles. The molecule has 0 spiro atoms. The third-order valence-corrected chi connectivity index (χ3v) is 3.88. The number of rotatable bonds is 6. The molecule has 2 aromatic rings. The van der Waals surface area contributed by atoms with Crippen molar-refractivity contribution in [1.82, 2.24) is 0 Å². The van der Waals surface area contributed by atoms with E-state index in [-0.39, 0.29) is 18.7 Å². The molecule has 2 amide bonds. The molecule has 2 N–H and O–H groups in total. The summed E-state index contributed by atoms with van der Waals surface area (Å²) in [6.45, 7) is 4.48. The number of hydrogen-bond acceptors (Lipinski definition) is 2. The highest BCUT2D eigenvalue weighted by Gasteiger charge is 2.19. The van der Waals surface area contributed by atoms with Crippen molar-refractivity contribution >= 4 is 17.5 Å². The Hall–Kier alpha value is -2.62. The highest BCUT2D eigenvalue weighted by atomic mass is 16.2. The van der Waals surface area contributed by atoms with Crippen LogP contribution in [0.1, 0.15) is 29.5 Å². The van der Waals surface area contributed by atoms with Gasteiger partial charge in [0, 0.05) is 18.5 Å². The second kappa shape index (κ2) is 7.58. The van der Waals surface area contributed by atoms with Crippen molar-refractivity contribution in [3.05, 3.63) is 65.2 Å². The van der Waals surface area contributed by atoms with Gasteiger partial charge in [0.05, 0.1) is 6.54 Å². The van der Waals surface area contributed by atoms with Gasteiger partial charge in [-0.3, -0.25) is 9.59 Å². The lowest BCUT2D eigenvalue weighted by Gasteiger charge is -2.25. The minimum atomic E-state index is -0.459. The molecule has 2 rings (SSSR count). The summed E-state index contributed by atoms with van der Waals surface area (Å²) in [7, 11) is 0. The van der Waals surface area contributed by atoms with Crippen LogP contribution in [0, 0.1) is 13.8 Å². The Kier molecular flexibility index (Phi) is 5.52. The monoisotopic (exact) mass is 310 g/mol. The summed E-state index contributed by atoms with van der Waals surface area (Å²) in [5.74, 6) is -0.555. The average molecular weight is 310 g/mol. The van der Waals surface area contributed by atoms with Crippen LogP contribution in [0.5, 0.6) is 0 Å². The van der Waals surface area contributed by atoms with Gasteiger partial charge in [0.25, 0.3) is 0 Å². The topological polar surface area (TPSA) is 63.4 Å². The van der Waals surface area contributed by atoms with Gasteiger partial charge in [0.2, 0.25) is 11.8 Å². The number of carbonyl (C=O) groups excluding carboxylic acids is 2. The van der Waals surface area contributed by atoms with Gasteiger partial charge in [-0.15, -0.1) is 0 Å². The van der Waals surface area contributed by atoms with Gasteiger partial charge >= 0.3 is 0 Å². The lowest BCUT2D eigenvalue weighted by atomic mass is 10.1. The Morgan fingerprint density at radius 2 is 1.52 bits per heavy atom. The second-order valence-corrected chi connectivity index (χ2v) is 5.66. The Bertz CT molecular complexity index is 710. The summed E-state index contributed by atoms with van der Waals surface area (Å²) in [6.07, 6.45) is 0.185. The van der Waals surface area contributed by atoms with E-state index in [9.17, 15) is 9.59 Å². The zero-order chi connectivity index (χ0) is 16.8. The van der Waals surface area contributed by atoms with E-state index in [1.165, 1.54) is 0 Å². The highest BCUT2D eigenvalue weighted by molar-refractivity contribution is 5.95. The predicted molar refractivity (Wildman–Crippen MR) is 92.0 cm³/mol. The summed E-state index contributed by atoms with van der Waals surface area (Å²) < 4.78 is 0. The summed E-state index contributed by atoms with van der Waals surface area (Å²) >= 11 is 0. The molecule has 0 aliphatic carbocycles. The van der Waals surface area contributed by atoms with Crippen LogP contribution in [0.15, 0.2) is 48.5 Å². The molecule has 2 aromatic carbocycles. The lowest BCUT2D eigenvalue weighted by molar-refractivity contribution is -0.123. The summed E-state index contributed by atoms with van der Waals surface area (Å²) in [5, 5.41) is 0. The Morgan fingerprint density at radius 1 is 0.913 bits per heavy atom. The van der Waals surface area contributed by atoms with Gasteiger partial charge in [-0.1, -0.05) is 42.5 Å². The number of anilines is 1. The van der Waals surface area contributed by atoms with Crippen LogP contribution in [0.3, 0.4) is 0 Å². The first-order valence-electron chi connectivity index (χ1n) is 7.68. The number of primary amides is 1. The van der Waals surface area contributed by atoms with E-state index >= 15 is 0 Å². The van der Waals surface area contributed by atoms with E-state index in [4.69, 9.17) is 5.73 Å². The average Bonchev–Trinajstić information content (AvgIpc) is 2.53. The predicted octanol–water partition coefficient (Wildman–Crippen LogP) is 3.10. The Balaban J connectivity index is 2.32. The van der Waals surface area contributed by atoms with Gasteiger partial charge in [-0.25, -0.2) is 0 Å². The molecule has 0 aromatic heterocycles. The van der Waals surface area contributed by atoms with Crippen LogP contribution in [0.4, 0.5) is 5.69 Å². The van der Waals surface area contributed by atoms with Crippen molar-refractivity contribution in [2.45, 2.75) is 33.2 Å². The number of nitrogens with zero attached hydrogens (tertiary/aromatic N) is 1. The first-order valence-corrected chi connectivity index (χ1v) is 7.68. The number of benzene rings is 2. The maximum absolute atomic E-state index is 12.6. The molecule has 23 heavy (non-hydrogen) atoms. The van der Waals surface area contributed by atoms with Crippen LogP contribution in [-0.4, -0.2) is 11.8 Å². The zero-order valence-electron chi connectivity index (χ0n) is 13.6. The number of aryl methyl sites for hydroxylation is 2. The molecule has 4 nitrogen and oxygen atoms in total. The molecule has 0 aliphatic rings. The van der Waals surface area contributed by atoms with Gasteiger partial charge in [-0.05, 0) is 36.6 Å². The SMILES string of the molecule is Cc1ccccc1CN(C(=O)CCC(N)=O)c1ccccc1C. The third kappa shape index (κ3) is 4.42. The molecule has 0 aliphatic heterocycles. The van der Waals surface area contributed by atoms with Gasteiger partial charge in [0.15, 0.2) is 0 Å². The fourth-order valence-electron chi connectivity index (χ4n) is 2.50. The molecule has 0 bridgehead atoms. The quantitative estimate of drug-likeness (QED) is 0.891. The van der Waals surface area contributed by atoms with Crippen molar-refractivity contribution in [2.24, 2.45) is 5.73 Å². The van der Waals surface area contributed by atoms with Crippen LogP contribution in [0.25, 0.3) is 0 Å². The molecule has 0 unspecified atom stereocenters. The number of nitrogens with two attached hydrogens (primary N) is 1. The van der Waals surface area contributed by atoms with Crippen LogP contribution >= 0.6 is 0 Å². The highest BCUT2D eigenvalue weighted by Crippen LogP contribution is 2.24. The van der Waals surface area contributed by atoms with Gasteiger partial charge in [0.1, 0.15) is 0 Å². The fraction of sp³-hybridized carbons (Fsp3) is 0.263. The zero-order valence-corrected chi connectivity index (χ0v) is 13.6. The molecule has 0 atom stereocenters. The number of para-hydroxylation sites is 1. The van der Waals surface area contributed by atoms with E-state index in [0.29, 0.717) is 6.54 Å². The van der Waals surface area contributed by atoms with Crippen LogP contribution < -0.4 is 10.6 Å². The van der Waals surface area contributed by atoms with Crippen molar-refractivity contribution in [2.75, 3.05) is 4.90 Å². The van der Waals surface area contributed by atoms with E-state index in [0.717, 1.165) is 22.4 Å². The minimum absolute atomic E-state index is 0.0645. The van der Waals surface area contributed by atoms with Crippen LogP contribution in [-0.2, 0) is 16.1 Å². The Morgan fingerprint density at radius 3 is 2.13 bits per heavy atom. The molecule has 4 heteroatoms. The van der Waals surface area contributed by atoms with Crippen molar-refractivity contribution < 1.29 is 9.59 Å². The van der Waals surface area contributed by atoms with Gasteiger partial charge in [-0.2, -0.15) is 0 Å². The molecular weight excluding hydrogens is 288 g/mol. The molecular formula is C19H22N2O2. The largest absolute Gasteiger partial charge is 0.370 e. The van der Waals surface area contributed by atoms with E-state index in [2.05, 4.69) is 0 Å². The van der Waals surface area contributed by atoms with Crippen molar-refractivity contribution in [3.8, 4) is 0 Å². The van der Waals surface area contributed by atoms with Crippen molar-refractivity contribution in [1.29, 1.82) is 0 Å². The maximum Gasteiger partial charge on any atom is 0.227 e. The summed E-state index contributed by atoms with van der Waals surface area (Å²) in [6, 6.07) is 15.7. The number of amides is 2. The van der Waals surface area contributed by atoms with E-state index in [1.807, 2.05) is 62.4 Å². The van der Waals surface area contributed by atoms with Crippen molar-refractivity contribution in [3.63, 3.8) is 0 Å². The molecule has 0 fully saturated rings. The minimum Gasteiger partial charge on any atom is -0.370 e. The van der Waals surface area contributed by atoms with E-state index in [1.54, 1.807) is 4.90 Å². The molecule has 0 heterocycles. The standard InChI is InChI=1S/C19H22N2O2/c1-14-7-3-5-9-16(14)13-21(19(23)12-11-18(20)22)17-10-6-4-8-15(17)2/h3-10H,11-13H2,1-2H3,(H2,20,22). The van der Waals surface area contributed by atoms with Gasteiger partial charge < -0.3 is 10.6 Å². The summed E-state index contributed by atoms with van der Waals surface area (Å²) in [4.78, 5) is 25.4. The third-order valence-electron chi connectivity index (χ3n) is 3.88. The Labute approximate surface area is 136 Å². The first kappa shape index (κ1) is 16.7. The molecule has 0 saturated heterocycles.